The molecule has 0 unspecified atom stereocenters. The van der Waals surface area contributed by atoms with Crippen molar-refractivity contribution < 1.29 is 19.1 Å². The van der Waals surface area contributed by atoms with E-state index in [1.54, 1.807) is 18.2 Å². The molecule has 0 saturated heterocycles. The average molecular weight is 358 g/mol. The summed E-state index contributed by atoms with van der Waals surface area (Å²) in [5, 5.41) is 6.32. The lowest BCUT2D eigenvalue weighted by Gasteiger charge is -2.22. The van der Waals surface area contributed by atoms with Gasteiger partial charge in [0.25, 0.3) is 0 Å². The van der Waals surface area contributed by atoms with E-state index in [1.165, 1.54) is 7.11 Å². The Labute approximate surface area is 154 Å². The number of alkyl carbamates (subject to hydrolysis) is 1. The summed E-state index contributed by atoms with van der Waals surface area (Å²) in [6, 6.07) is 5.35. The first-order valence-corrected chi connectivity index (χ1v) is 8.67. The molecular formula is C20H26N2O4. The van der Waals surface area contributed by atoms with Crippen molar-refractivity contribution >= 4 is 17.7 Å². The predicted octanol–water partition coefficient (Wildman–Crippen LogP) is 3.31. The Hall–Kier alpha value is -2.68. The standard InChI is InChI=1S/C20H26N2O4/c1-6-13-11-14(18(23)25-5)7-10-17(13)21-15-8-9-16(12-15)22-19(24)26-20(2,3)4/h1,7,10-11,15-16,21H,8-9,12H2,2-5H3,(H,22,24)/t15-,16+/m0/s1. The van der Waals surface area contributed by atoms with Crippen molar-refractivity contribution in [3.8, 4) is 12.3 Å². The van der Waals surface area contributed by atoms with Crippen molar-refractivity contribution in [1.29, 1.82) is 0 Å². The first-order valence-electron chi connectivity index (χ1n) is 8.67. The molecule has 2 rings (SSSR count). The number of carbonyl (C=O) groups is 2. The fraction of sp³-hybridized carbons (Fsp3) is 0.500. The molecule has 0 aromatic heterocycles. The van der Waals surface area contributed by atoms with Gasteiger partial charge in [-0.15, -0.1) is 6.42 Å². The number of benzene rings is 1. The zero-order valence-electron chi connectivity index (χ0n) is 15.7. The van der Waals surface area contributed by atoms with Crippen molar-refractivity contribution in [1.82, 2.24) is 5.32 Å². The second kappa shape index (κ2) is 8.13. The van der Waals surface area contributed by atoms with Gasteiger partial charge in [-0.05, 0) is 58.2 Å². The van der Waals surface area contributed by atoms with Gasteiger partial charge in [-0.25, -0.2) is 9.59 Å². The minimum atomic E-state index is -0.510. The van der Waals surface area contributed by atoms with Gasteiger partial charge in [-0.2, -0.15) is 0 Å². The Balaban J connectivity index is 1.95. The molecule has 1 aromatic carbocycles. The monoisotopic (exact) mass is 358 g/mol. The molecule has 1 aliphatic rings. The van der Waals surface area contributed by atoms with Gasteiger partial charge in [-0.1, -0.05) is 5.92 Å². The molecule has 0 bridgehead atoms. The fourth-order valence-corrected chi connectivity index (χ4v) is 2.97. The number of methoxy groups -OCH3 is 1. The second-order valence-corrected chi connectivity index (χ2v) is 7.39. The van der Waals surface area contributed by atoms with Crippen LogP contribution in [0, 0.1) is 12.3 Å². The van der Waals surface area contributed by atoms with Crippen LogP contribution in [0.5, 0.6) is 0 Å². The van der Waals surface area contributed by atoms with Gasteiger partial charge in [0.05, 0.1) is 18.4 Å². The third-order valence-corrected chi connectivity index (χ3v) is 4.11. The first kappa shape index (κ1) is 19.6. The molecule has 0 radical (unpaired) electrons. The van der Waals surface area contributed by atoms with Crippen molar-refractivity contribution in [3.05, 3.63) is 29.3 Å². The van der Waals surface area contributed by atoms with E-state index in [2.05, 4.69) is 16.6 Å². The minimum Gasteiger partial charge on any atom is -0.465 e. The van der Waals surface area contributed by atoms with E-state index >= 15 is 0 Å². The number of carbonyl (C=O) groups excluding carboxylic acids is 2. The second-order valence-electron chi connectivity index (χ2n) is 7.39. The molecule has 140 valence electrons. The van der Waals surface area contributed by atoms with E-state index in [0.29, 0.717) is 11.1 Å². The van der Waals surface area contributed by atoms with Crippen LogP contribution < -0.4 is 10.6 Å². The van der Waals surface area contributed by atoms with Gasteiger partial charge < -0.3 is 20.1 Å². The average Bonchev–Trinajstić information content (AvgIpc) is 2.99. The molecule has 1 aromatic rings. The molecule has 2 atom stereocenters. The number of nitrogens with one attached hydrogen (secondary N) is 2. The number of hydrogen-bond donors (Lipinski definition) is 2. The van der Waals surface area contributed by atoms with E-state index in [9.17, 15) is 9.59 Å². The lowest BCUT2D eigenvalue weighted by molar-refractivity contribution is 0.0504. The zero-order chi connectivity index (χ0) is 19.3. The summed E-state index contributed by atoms with van der Waals surface area (Å²) in [4.78, 5) is 23.5. The molecule has 6 nitrogen and oxygen atoms in total. The summed E-state index contributed by atoms with van der Waals surface area (Å²) >= 11 is 0. The molecule has 26 heavy (non-hydrogen) atoms. The van der Waals surface area contributed by atoms with E-state index in [1.807, 2.05) is 20.8 Å². The SMILES string of the molecule is C#Cc1cc(C(=O)OC)ccc1N[C@H]1CC[C@@H](NC(=O)OC(C)(C)C)C1. The van der Waals surface area contributed by atoms with Gasteiger partial charge in [0, 0.05) is 17.6 Å². The van der Waals surface area contributed by atoms with Gasteiger partial charge >= 0.3 is 12.1 Å². The molecule has 0 heterocycles. The summed E-state index contributed by atoms with van der Waals surface area (Å²) in [7, 11) is 1.33. The van der Waals surface area contributed by atoms with Crippen LogP contribution in [0.2, 0.25) is 0 Å². The van der Waals surface area contributed by atoms with Crippen LogP contribution in [0.3, 0.4) is 0 Å². The van der Waals surface area contributed by atoms with Crippen LogP contribution >= 0.6 is 0 Å². The number of terminal acetylenes is 1. The maximum Gasteiger partial charge on any atom is 0.407 e. The lowest BCUT2D eigenvalue weighted by atomic mass is 10.1. The van der Waals surface area contributed by atoms with Crippen LogP contribution in [-0.2, 0) is 9.47 Å². The molecule has 1 fully saturated rings. The van der Waals surface area contributed by atoms with Crippen molar-refractivity contribution in [3.63, 3.8) is 0 Å². The Morgan fingerprint density at radius 1 is 1.23 bits per heavy atom. The minimum absolute atomic E-state index is 0.0611. The van der Waals surface area contributed by atoms with Crippen LogP contribution in [0.1, 0.15) is 56.0 Å². The molecule has 2 N–H and O–H groups in total. The van der Waals surface area contributed by atoms with Crippen LogP contribution in [0.4, 0.5) is 10.5 Å². The molecule has 1 amide bonds. The number of amides is 1. The fourth-order valence-electron chi connectivity index (χ4n) is 2.97. The largest absolute Gasteiger partial charge is 0.465 e. The normalized spacial score (nSPS) is 19.3. The molecule has 6 heteroatoms. The summed E-state index contributed by atoms with van der Waals surface area (Å²) in [6.45, 7) is 5.51. The third kappa shape index (κ3) is 5.41. The van der Waals surface area contributed by atoms with Crippen LogP contribution in [0.15, 0.2) is 18.2 Å². The smallest absolute Gasteiger partial charge is 0.407 e. The Morgan fingerprint density at radius 3 is 2.54 bits per heavy atom. The van der Waals surface area contributed by atoms with Crippen LogP contribution in [-0.4, -0.2) is 36.9 Å². The third-order valence-electron chi connectivity index (χ3n) is 4.11. The maximum atomic E-state index is 11.9. The lowest BCUT2D eigenvalue weighted by Crippen LogP contribution is -2.38. The van der Waals surface area contributed by atoms with Gasteiger partial charge in [0.1, 0.15) is 5.60 Å². The van der Waals surface area contributed by atoms with E-state index < -0.39 is 17.7 Å². The number of ether oxygens (including phenoxy) is 2. The summed E-state index contributed by atoms with van der Waals surface area (Å²) in [5.74, 6) is 2.18. The van der Waals surface area contributed by atoms with Crippen LogP contribution in [0.25, 0.3) is 0 Å². The number of rotatable bonds is 4. The number of anilines is 1. The Bertz CT molecular complexity index is 716. The highest BCUT2D eigenvalue weighted by molar-refractivity contribution is 5.90. The van der Waals surface area contributed by atoms with Crippen molar-refractivity contribution in [2.45, 2.75) is 57.7 Å². The molecule has 1 saturated carbocycles. The van der Waals surface area contributed by atoms with Crippen molar-refractivity contribution in [2.24, 2.45) is 0 Å². The van der Waals surface area contributed by atoms with E-state index in [4.69, 9.17) is 15.9 Å². The molecule has 1 aliphatic carbocycles. The highest BCUT2D eigenvalue weighted by Gasteiger charge is 2.28. The summed E-state index contributed by atoms with van der Waals surface area (Å²) in [6.07, 6.45) is 7.73. The topological polar surface area (TPSA) is 76.7 Å². The van der Waals surface area contributed by atoms with Gasteiger partial charge in [0.15, 0.2) is 0 Å². The summed E-state index contributed by atoms with van der Waals surface area (Å²) < 4.78 is 10.0. The highest BCUT2D eigenvalue weighted by Crippen LogP contribution is 2.26. The van der Waals surface area contributed by atoms with Crippen molar-refractivity contribution in [2.75, 3.05) is 12.4 Å². The Morgan fingerprint density at radius 2 is 1.92 bits per heavy atom. The molecular weight excluding hydrogens is 332 g/mol. The molecule has 0 spiro atoms. The van der Waals surface area contributed by atoms with E-state index in [0.717, 1.165) is 24.9 Å². The predicted molar refractivity (Wildman–Crippen MR) is 100 cm³/mol. The van der Waals surface area contributed by atoms with Gasteiger partial charge in [0.2, 0.25) is 0 Å². The number of esters is 1. The first-order chi connectivity index (χ1) is 12.2. The summed E-state index contributed by atoms with van der Waals surface area (Å²) in [5.41, 5.74) is 1.31. The van der Waals surface area contributed by atoms with E-state index in [-0.39, 0.29) is 12.1 Å². The maximum absolute atomic E-state index is 11.9. The van der Waals surface area contributed by atoms with Gasteiger partial charge in [-0.3, -0.25) is 0 Å². The molecule has 0 aliphatic heterocycles. The highest BCUT2D eigenvalue weighted by atomic mass is 16.6. The zero-order valence-corrected chi connectivity index (χ0v) is 15.7. The Kier molecular flexibility index (Phi) is 6.14. The quantitative estimate of drug-likeness (QED) is 0.638. The number of hydrogen-bond acceptors (Lipinski definition) is 5.